The zero-order chi connectivity index (χ0) is 15.4. The third-order valence-electron chi connectivity index (χ3n) is 4.45. The normalized spacial score (nSPS) is 21.8. The van der Waals surface area contributed by atoms with Crippen molar-refractivity contribution in [1.29, 1.82) is 0 Å². The number of rotatable bonds is 5. The molecule has 0 saturated heterocycles. The molecule has 4 heteroatoms. The Morgan fingerprint density at radius 3 is 2.57 bits per heavy atom. The van der Waals surface area contributed by atoms with Gasteiger partial charge in [-0.3, -0.25) is 4.79 Å². The second kappa shape index (κ2) is 7.41. The van der Waals surface area contributed by atoms with Crippen LogP contribution in [0.5, 0.6) is 0 Å². The van der Waals surface area contributed by atoms with E-state index in [1.54, 1.807) is 0 Å². The van der Waals surface area contributed by atoms with Crippen molar-refractivity contribution in [2.24, 2.45) is 17.6 Å². The number of hydrogen-bond acceptors (Lipinski definition) is 2. The van der Waals surface area contributed by atoms with Crippen LogP contribution in [0.2, 0.25) is 0 Å². The highest BCUT2D eigenvalue weighted by Gasteiger charge is 2.35. The second-order valence-corrected chi connectivity index (χ2v) is 7.14. The maximum Gasteiger partial charge on any atom is 0.226 e. The van der Waals surface area contributed by atoms with Gasteiger partial charge in [-0.1, -0.05) is 34.5 Å². The molecule has 0 radical (unpaired) electrons. The minimum atomic E-state index is 0.118. The molecule has 3 nitrogen and oxygen atoms in total. The summed E-state index contributed by atoms with van der Waals surface area (Å²) in [5, 5.41) is 0. The summed E-state index contributed by atoms with van der Waals surface area (Å²) in [6.45, 7) is 5.48. The Balaban J connectivity index is 2.11. The molecule has 1 aromatic carbocycles. The average molecular weight is 353 g/mol. The highest BCUT2D eigenvalue weighted by Crippen LogP contribution is 2.33. The molecule has 0 bridgehead atoms. The van der Waals surface area contributed by atoms with Crippen LogP contribution in [0.25, 0.3) is 0 Å². The van der Waals surface area contributed by atoms with E-state index in [-0.39, 0.29) is 17.9 Å². The quantitative estimate of drug-likeness (QED) is 0.880. The van der Waals surface area contributed by atoms with Crippen LogP contribution in [0, 0.1) is 11.8 Å². The van der Waals surface area contributed by atoms with Crippen LogP contribution in [-0.2, 0) is 11.3 Å². The maximum atomic E-state index is 12.9. The van der Waals surface area contributed by atoms with E-state index in [9.17, 15) is 4.79 Å². The van der Waals surface area contributed by atoms with Crippen molar-refractivity contribution in [3.05, 3.63) is 34.3 Å². The van der Waals surface area contributed by atoms with E-state index in [2.05, 4.69) is 41.9 Å². The fourth-order valence-corrected chi connectivity index (χ4v) is 3.42. The number of benzene rings is 1. The molecule has 2 atom stereocenters. The van der Waals surface area contributed by atoms with Gasteiger partial charge in [0.2, 0.25) is 5.91 Å². The van der Waals surface area contributed by atoms with Crippen molar-refractivity contribution in [2.75, 3.05) is 6.54 Å². The Labute approximate surface area is 136 Å². The Bertz CT molecular complexity index is 472. The summed E-state index contributed by atoms with van der Waals surface area (Å²) in [6.07, 6.45) is 3.21. The molecule has 0 unspecified atom stereocenters. The van der Waals surface area contributed by atoms with Gasteiger partial charge in [-0.15, -0.1) is 0 Å². The molecule has 0 aliphatic heterocycles. The number of hydrogen-bond donors (Lipinski definition) is 1. The monoisotopic (exact) mass is 352 g/mol. The summed E-state index contributed by atoms with van der Waals surface area (Å²) >= 11 is 3.45. The van der Waals surface area contributed by atoms with Crippen molar-refractivity contribution in [1.82, 2.24) is 4.90 Å². The number of carbonyl (C=O) groups excluding carboxylic acids is 1. The van der Waals surface area contributed by atoms with Crippen molar-refractivity contribution in [3.8, 4) is 0 Å². The fraction of sp³-hybridized carbons (Fsp3) is 0.588. The number of carbonyl (C=O) groups is 1. The standard InChI is InChI=1S/C17H25BrN2O/c1-12(2)20(11-13-6-8-15(18)9-7-13)17(21)16-5-3-4-14(16)10-19/h6-9,12,14,16H,3-5,10-11,19H2,1-2H3/t14-,16-/m1/s1. The Kier molecular flexibility index (Phi) is 5.82. The SMILES string of the molecule is CC(C)N(Cc1ccc(Br)cc1)C(=O)[C@@H]1CCC[C@@H]1CN. The molecule has 1 amide bonds. The lowest BCUT2D eigenvalue weighted by Gasteiger charge is -2.31. The Morgan fingerprint density at radius 2 is 2.00 bits per heavy atom. The van der Waals surface area contributed by atoms with Crippen LogP contribution in [0.4, 0.5) is 0 Å². The summed E-state index contributed by atoms with van der Waals surface area (Å²) in [6, 6.07) is 8.40. The maximum absolute atomic E-state index is 12.9. The van der Waals surface area contributed by atoms with Gasteiger partial charge in [-0.05, 0) is 56.8 Å². The third-order valence-corrected chi connectivity index (χ3v) is 4.98. The topological polar surface area (TPSA) is 46.3 Å². The second-order valence-electron chi connectivity index (χ2n) is 6.22. The molecule has 116 valence electrons. The van der Waals surface area contributed by atoms with E-state index in [1.807, 2.05) is 17.0 Å². The molecule has 0 spiro atoms. The van der Waals surface area contributed by atoms with Crippen molar-refractivity contribution >= 4 is 21.8 Å². The van der Waals surface area contributed by atoms with E-state index in [4.69, 9.17) is 5.73 Å². The molecule has 2 rings (SSSR count). The summed E-state index contributed by atoms with van der Waals surface area (Å²) < 4.78 is 1.06. The largest absolute Gasteiger partial charge is 0.336 e. The lowest BCUT2D eigenvalue weighted by molar-refractivity contribution is -0.139. The van der Waals surface area contributed by atoms with Gasteiger partial charge in [-0.2, -0.15) is 0 Å². The molecular weight excluding hydrogens is 328 g/mol. The van der Waals surface area contributed by atoms with Crippen molar-refractivity contribution in [3.63, 3.8) is 0 Å². The first-order chi connectivity index (χ1) is 10.0. The van der Waals surface area contributed by atoms with Crippen LogP contribution < -0.4 is 5.73 Å². The summed E-state index contributed by atoms with van der Waals surface area (Å²) in [4.78, 5) is 14.9. The summed E-state index contributed by atoms with van der Waals surface area (Å²) in [5.74, 6) is 0.761. The van der Waals surface area contributed by atoms with Crippen molar-refractivity contribution < 1.29 is 4.79 Å². The molecule has 1 aromatic rings. The third kappa shape index (κ3) is 4.07. The zero-order valence-corrected chi connectivity index (χ0v) is 14.5. The predicted molar refractivity (Wildman–Crippen MR) is 89.7 cm³/mol. The van der Waals surface area contributed by atoms with Gasteiger partial charge in [0.05, 0.1) is 0 Å². The van der Waals surface area contributed by atoms with Gasteiger partial charge in [-0.25, -0.2) is 0 Å². The Hall–Kier alpha value is -0.870. The summed E-state index contributed by atoms with van der Waals surface area (Å²) in [5.41, 5.74) is 7.00. The van der Waals surface area contributed by atoms with Crippen LogP contribution in [0.1, 0.15) is 38.7 Å². The van der Waals surface area contributed by atoms with E-state index >= 15 is 0 Å². The van der Waals surface area contributed by atoms with Gasteiger partial charge in [0, 0.05) is 23.0 Å². The van der Waals surface area contributed by atoms with E-state index in [1.165, 1.54) is 5.56 Å². The first-order valence-corrected chi connectivity index (χ1v) is 8.57. The molecule has 1 aliphatic carbocycles. The minimum Gasteiger partial charge on any atom is -0.336 e. The highest BCUT2D eigenvalue weighted by molar-refractivity contribution is 9.10. The molecule has 21 heavy (non-hydrogen) atoms. The van der Waals surface area contributed by atoms with E-state index in [0.717, 1.165) is 23.7 Å². The number of amides is 1. The van der Waals surface area contributed by atoms with Gasteiger partial charge in [0.15, 0.2) is 0 Å². The lowest BCUT2D eigenvalue weighted by atomic mass is 9.94. The fourth-order valence-electron chi connectivity index (χ4n) is 3.16. The molecule has 1 saturated carbocycles. The highest BCUT2D eigenvalue weighted by atomic mass is 79.9. The Morgan fingerprint density at radius 1 is 1.33 bits per heavy atom. The molecule has 1 aliphatic rings. The predicted octanol–water partition coefficient (Wildman–Crippen LogP) is 3.56. The molecule has 0 aromatic heterocycles. The smallest absolute Gasteiger partial charge is 0.226 e. The van der Waals surface area contributed by atoms with Crippen LogP contribution in [0.15, 0.2) is 28.7 Å². The van der Waals surface area contributed by atoms with Gasteiger partial charge in [0.25, 0.3) is 0 Å². The molecule has 0 heterocycles. The molecule has 2 N–H and O–H groups in total. The minimum absolute atomic E-state index is 0.118. The number of nitrogens with two attached hydrogens (primary N) is 1. The van der Waals surface area contributed by atoms with Crippen LogP contribution in [0.3, 0.4) is 0 Å². The van der Waals surface area contributed by atoms with E-state index < -0.39 is 0 Å². The van der Waals surface area contributed by atoms with E-state index in [0.29, 0.717) is 19.0 Å². The van der Waals surface area contributed by atoms with Gasteiger partial charge >= 0.3 is 0 Å². The average Bonchev–Trinajstić information content (AvgIpc) is 2.94. The van der Waals surface area contributed by atoms with Crippen LogP contribution >= 0.6 is 15.9 Å². The lowest BCUT2D eigenvalue weighted by Crippen LogP contribution is -2.42. The molecular formula is C17H25BrN2O. The first-order valence-electron chi connectivity index (χ1n) is 7.78. The van der Waals surface area contributed by atoms with Crippen LogP contribution in [-0.4, -0.2) is 23.4 Å². The zero-order valence-electron chi connectivity index (χ0n) is 12.9. The number of halogens is 1. The summed E-state index contributed by atoms with van der Waals surface area (Å²) in [7, 11) is 0. The van der Waals surface area contributed by atoms with Gasteiger partial charge in [0.1, 0.15) is 0 Å². The van der Waals surface area contributed by atoms with Gasteiger partial charge < -0.3 is 10.6 Å². The van der Waals surface area contributed by atoms with Crippen molar-refractivity contribution in [2.45, 2.75) is 45.7 Å². The molecule has 1 fully saturated rings. The number of nitrogens with zero attached hydrogens (tertiary/aromatic N) is 1. The first kappa shape index (κ1) is 16.5.